The molecule has 0 aliphatic rings. The Hall–Kier alpha value is -2.02. The molecule has 1 N–H and O–H groups in total. The zero-order valence-corrected chi connectivity index (χ0v) is 9.34. The van der Waals surface area contributed by atoms with Crippen molar-refractivity contribution in [3.05, 3.63) is 29.8 Å². The lowest BCUT2D eigenvalue weighted by atomic mass is 10.1. The molecule has 1 atom stereocenters. The summed E-state index contributed by atoms with van der Waals surface area (Å²) in [7, 11) is 1.82. The van der Waals surface area contributed by atoms with Crippen molar-refractivity contribution in [2.45, 2.75) is 19.4 Å². The standard InChI is InChI=1S/C12H14N2O2/c1-9(6-12(15)16)14(2)11-5-3-4-10(7-11)8-13/h3-5,7,9H,6H2,1-2H3,(H,15,16). The molecular weight excluding hydrogens is 204 g/mol. The van der Waals surface area contributed by atoms with Crippen LogP contribution in [0.25, 0.3) is 0 Å². The number of nitriles is 1. The van der Waals surface area contributed by atoms with Gasteiger partial charge in [0, 0.05) is 18.8 Å². The first-order valence-corrected chi connectivity index (χ1v) is 4.99. The Balaban J connectivity index is 2.83. The number of aliphatic carboxylic acids is 1. The highest BCUT2D eigenvalue weighted by atomic mass is 16.4. The van der Waals surface area contributed by atoms with Gasteiger partial charge >= 0.3 is 5.97 Å². The predicted molar refractivity (Wildman–Crippen MR) is 61.3 cm³/mol. The van der Waals surface area contributed by atoms with E-state index < -0.39 is 5.97 Å². The number of carboxylic acids is 1. The first-order valence-electron chi connectivity index (χ1n) is 4.99. The van der Waals surface area contributed by atoms with Crippen molar-refractivity contribution < 1.29 is 9.90 Å². The summed E-state index contributed by atoms with van der Waals surface area (Å²) in [5, 5.41) is 17.5. The lowest BCUT2D eigenvalue weighted by molar-refractivity contribution is -0.137. The van der Waals surface area contributed by atoms with E-state index in [1.807, 2.05) is 24.9 Å². The molecule has 0 aromatic heterocycles. The van der Waals surface area contributed by atoms with Gasteiger partial charge in [-0.3, -0.25) is 4.79 Å². The number of carboxylic acid groups (broad SMARTS) is 1. The summed E-state index contributed by atoms with van der Waals surface area (Å²) in [5.41, 5.74) is 1.43. The van der Waals surface area contributed by atoms with Crippen molar-refractivity contribution in [1.82, 2.24) is 0 Å². The second kappa shape index (κ2) is 5.17. The normalized spacial score (nSPS) is 11.6. The van der Waals surface area contributed by atoms with Crippen LogP contribution in [0.1, 0.15) is 18.9 Å². The van der Waals surface area contributed by atoms with Gasteiger partial charge in [0.15, 0.2) is 0 Å². The van der Waals surface area contributed by atoms with Crippen LogP contribution in [0.15, 0.2) is 24.3 Å². The van der Waals surface area contributed by atoms with E-state index in [1.165, 1.54) is 0 Å². The molecule has 0 spiro atoms. The molecule has 0 saturated heterocycles. The zero-order chi connectivity index (χ0) is 12.1. The third-order valence-electron chi connectivity index (χ3n) is 2.51. The largest absolute Gasteiger partial charge is 0.481 e. The average Bonchev–Trinajstić information content (AvgIpc) is 2.27. The van der Waals surface area contributed by atoms with Crippen molar-refractivity contribution >= 4 is 11.7 Å². The summed E-state index contributed by atoms with van der Waals surface area (Å²) in [6.07, 6.45) is 0.0767. The fourth-order valence-corrected chi connectivity index (χ4v) is 1.44. The van der Waals surface area contributed by atoms with Gasteiger partial charge in [0.05, 0.1) is 18.1 Å². The maximum atomic E-state index is 10.6. The fraction of sp³-hybridized carbons (Fsp3) is 0.333. The van der Waals surface area contributed by atoms with E-state index in [2.05, 4.69) is 6.07 Å². The number of anilines is 1. The zero-order valence-electron chi connectivity index (χ0n) is 9.34. The number of benzene rings is 1. The van der Waals surface area contributed by atoms with E-state index in [9.17, 15) is 4.79 Å². The third kappa shape index (κ3) is 2.99. The first kappa shape index (κ1) is 12.1. The summed E-state index contributed by atoms with van der Waals surface area (Å²) in [6.45, 7) is 1.84. The topological polar surface area (TPSA) is 64.3 Å². The molecule has 1 rings (SSSR count). The van der Waals surface area contributed by atoms with Crippen molar-refractivity contribution in [1.29, 1.82) is 5.26 Å². The SMILES string of the molecule is CC(CC(=O)O)N(C)c1cccc(C#N)c1. The Bertz CT molecular complexity index is 423. The molecule has 0 aliphatic heterocycles. The minimum absolute atomic E-state index is 0.0767. The minimum atomic E-state index is -0.823. The van der Waals surface area contributed by atoms with Gasteiger partial charge in [-0.25, -0.2) is 0 Å². The molecular formula is C12H14N2O2. The van der Waals surface area contributed by atoms with Crippen LogP contribution >= 0.6 is 0 Å². The number of nitrogens with zero attached hydrogens (tertiary/aromatic N) is 2. The molecule has 0 radical (unpaired) electrons. The summed E-state index contributed by atoms with van der Waals surface area (Å²) < 4.78 is 0. The highest BCUT2D eigenvalue weighted by molar-refractivity contribution is 5.68. The van der Waals surface area contributed by atoms with Gasteiger partial charge in [0.25, 0.3) is 0 Å². The second-order valence-electron chi connectivity index (χ2n) is 3.72. The monoisotopic (exact) mass is 218 g/mol. The molecule has 0 heterocycles. The second-order valence-corrected chi connectivity index (χ2v) is 3.72. The highest BCUT2D eigenvalue weighted by Crippen LogP contribution is 2.17. The van der Waals surface area contributed by atoms with Crippen LogP contribution in [-0.4, -0.2) is 24.2 Å². The average molecular weight is 218 g/mol. The van der Waals surface area contributed by atoms with E-state index in [-0.39, 0.29) is 12.5 Å². The predicted octanol–water partition coefficient (Wildman–Crippen LogP) is 1.86. The molecule has 16 heavy (non-hydrogen) atoms. The first-order chi connectivity index (χ1) is 7.54. The Labute approximate surface area is 94.7 Å². The Kier molecular flexibility index (Phi) is 3.90. The maximum Gasteiger partial charge on any atom is 0.305 e. The number of hydrogen-bond donors (Lipinski definition) is 1. The van der Waals surface area contributed by atoms with Crippen LogP contribution in [0.2, 0.25) is 0 Å². The third-order valence-corrected chi connectivity index (χ3v) is 2.51. The van der Waals surface area contributed by atoms with E-state index in [1.54, 1.807) is 18.2 Å². The van der Waals surface area contributed by atoms with Crippen LogP contribution < -0.4 is 4.90 Å². The van der Waals surface area contributed by atoms with E-state index in [0.717, 1.165) is 5.69 Å². The van der Waals surface area contributed by atoms with E-state index in [0.29, 0.717) is 5.56 Å². The van der Waals surface area contributed by atoms with Gasteiger partial charge in [-0.15, -0.1) is 0 Å². The van der Waals surface area contributed by atoms with Gasteiger partial charge in [0.2, 0.25) is 0 Å². The van der Waals surface area contributed by atoms with Crippen LogP contribution in [0, 0.1) is 11.3 Å². The van der Waals surface area contributed by atoms with Crippen LogP contribution in [0.3, 0.4) is 0 Å². The minimum Gasteiger partial charge on any atom is -0.481 e. The van der Waals surface area contributed by atoms with Crippen LogP contribution in [0.4, 0.5) is 5.69 Å². The molecule has 0 fully saturated rings. The highest BCUT2D eigenvalue weighted by Gasteiger charge is 2.13. The molecule has 0 amide bonds. The summed E-state index contributed by atoms with van der Waals surface area (Å²) in [4.78, 5) is 12.4. The van der Waals surface area contributed by atoms with Crippen LogP contribution in [-0.2, 0) is 4.79 Å². The molecule has 1 unspecified atom stereocenters. The summed E-state index contributed by atoms with van der Waals surface area (Å²) in [6, 6.07) is 9.07. The van der Waals surface area contributed by atoms with Crippen molar-refractivity contribution in [2.75, 3.05) is 11.9 Å². The summed E-state index contributed by atoms with van der Waals surface area (Å²) in [5.74, 6) is -0.823. The molecule has 0 saturated carbocycles. The van der Waals surface area contributed by atoms with Crippen molar-refractivity contribution in [2.24, 2.45) is 0 Å². The number of carbonyl (C=O) groups is 1. The molecule has 1 aromatic rings. The van der Waals surface area contributed by atoms with Gasteiger partial charge in [-0.2, -0.15) is 5.26 Å². The van der Waals surface area contributed by atoms with Crippen molar-refractivity contribution in [3.63, 3.8) is 0 Å². The number of hydrogen-bond acceptors (Lipinski definition) is 3. The molecule has 84 valence electrons. The van der Waals surface area contributed by atoms with E-state index >= 15 is 0 Å². The van der Waals surface area contributed by atoms with E-state index in [4.69, 9.17) is 10.4 Å². The van der Waals surface area contributed by atoms with Gasteiger partial charge in [-0.05, 0) is 25.1 Å². The van der Waals surface area contributed by atoms with Gasteiger partial charge in [-0.1, -0.05) is 6.07 Å². The Morgan fingerprint density at radius 1 is 1.62 bits per heavy atom. The maximum absolute atomic E-state index is 10.6. The lowest BCUT2D eigenvalue weighted by Gasteiger charge is -2.25. The van der Waals surface area contributed by atoms with Gasteiger partial charge < -0.3 is 10.0 Å². The quantitative estimate of drug-likeness (QED) is 0.837. The van der Waals surface area contributed by atoms with Gasteiger partial charge in [0.1, 0.15) is 0 Å². The lowest BCUT2D eigenvalue weighted by Crippen LogP contribution is -2.30. The van der Waals surface area contributed by atoms with Crippen LogP contribution in [0.5, 0.6) is 0 Å². The summed E-state index contributed by atoms with van der Waals surface area (Å²) >= 11 is 0. The molecule has 4 heteroatoms. The fourth-order valence-electron chi connectivity index (χ4n) is 1.44. The van der Waals surface area contributed by atoms with Crippen molar-refractivity contribution in [3.8, 4) is 6.07 Å². The molecule has 0 bridgehead atoms. The molecule has 0 aliphatic carbocycles. The molecule has 1 aromatic carbocycles. The smallest absolute Gasteiger partial charge is 0.305 e. The molecule has 4 nitrogen and oxygen atoms in total. The number of rotatable bonds is 4. The Morgan fingerprint density at radius 2 is 2.31 bits per heavy atom. The Morgan fingerprint density at radius 3 is 2.88 bits per heavy atom.